The van der Waals surface area contributed by atoms with E-state index in [1.807, 2.05) is 67.6 Å². The van der Waals surface area contributed by atoms with Crippen molar-refractivity contribution in [2.45, 2.75) is 19.9 Å². The Bertz CT molecular complexity index is 2010. The molecule has 1 aromatic heterocycles. The second-order valence-electron chi connectivity index (χ2n) is 12.1. The molecule has 0 spiro atoms. The van der Waals surface area contributed by atoms with Crippen LogP contribution in [0.5, 0.6) is 17.2 Å². The highest BCUT2D eigenvalue weighted by atomic mass is 16.5. The molecule has 1 aliphatic heterocycles. The topological polar surface area (TPSA) is 99.2 Å². The number of hydrogen-bond donors (Lipinski definition) is 1. The maximum Gasteiger partial charge on any atom is 0.274 e. The first-order chi connectivity index (χ1) is 24.4. The summed E-state index contributed by atoms with van der Waals surface area (Å²) in [6, 6.07) is 28.3. The van der Waals surface area contributed by atoms with Crippen LogP contribution in [-0.2, 0) is 17.7 Å². The zero-order chi connectivity index (χ0) is 34.9. The van der Waals surface area contributed by atoms with E-state index in [0.29, 0.717) is 36.8 Å². The second kappa shape index (κ2) is 16.3. The molecule has 256 valence electrons. The van der Waals surface area contributed by atoms with Gasteiger partial charge in [-0.3, -0.25) is 14.5 Å². The number of nitrogens with one attached hydrogen (secondary N) is 1. The van der Waals surface area contributed by atoms with Crippen molar-refractivity contribution in [2.75, 3.05) is 52.4 Å². The summed E-state index contributed by atoms with van der Waals surface area (Å²) in [6.07, 6.45) is 4.25. The van der Waals surface area contributed by atoms with Gasteiger partial charge in [-0.1, -0.05) is 54.6 Å². The van der Waals surface area contributed by atoms with E-state index in [2.05, 4.69) is 27.3 Å². The number of ketones is 1. The van der Waals surface area contributed by atoms with Crippen molar-refractivity contribution >= 4 is 34.4 Å². The highest BCUT2D eigenvalue weighted by Gasteiger charge is 2.20. The van der Waals surface area contributed by atoms with Crippen LogP contribution in [0.2, 0.25) is 0 Å². The summed E-state index contributed by atoms with van der Waals surface area (Å²) < 4.78 is 22.6. The van der Waals surface area contributed by atoms with E-state index in [9.17, 15) is 9.59 Å². The Kier molecular flexibility index (Phi) is 11.2. The first kappa shape index (κ1) is 34.4. The summed E-state index contributed by atoms with van der Waals surface area (Å²) in [5.74, 6) is 1.76. The number of aromatic nitrogens is 1. The minimum atomic E-state index is -0.332. The van der Waals surface area contributed by atoms with E-state index >= 15 is 0 Å². The first-order valence-electron chi connectivity index (χ1n) is 16.7. The number of para-hydroxylation sites is 1. The van der Waals surface area contributed by atoms with Crippen LogP contribution in [-0.4, -0.2) is 68.7 Å². The average molecular weight is 672 g/mol. The standard InChI is InChI=1S/C41H41N3O6/c1-28-8-12-32(24-37(28)43-41(46)36-16-13-30-6-4-5-7-35(30)42-36)38(45)17-11-29-9-14-34(15-10-29)49-21-20-44-19-18-31-25-39(48-3)40(26-33(31)27-44)50-23-22-47-2/h4-17,24-26H,18-23,27H2,1-3H3,(H,43,46)/b17-11+. The van der Waals surface area contributed by atoms with Gasteiger partial charge in [-0.2, -0.15) is 0 Å². The monoisotopic (exact) mass is 671 g/mol. The van der Waals surface area contributed by atoms with Gasteiger partial charge in [-0.25, -0.2) is 4.98 Å². The zero-order valence-corrected chi connectivity index (χ0v) is 28.6. The molecular formula is C41H41N3O6. The van der Waals surface area contributed by atoms with Gasteiger partial charge in [0.15, 0.2) is 17.3 Å². The number of fused-ring (bicyclic) bond motifs is 2. The molecule has 0 aliphatic carbocycles. The van der Waals surface area contributed by atoms with Crippen molar-refractivity contribution in [3.05, 3.63) is 131 Å². The van der Waals surface area contributed by atoms with Crippen molar-refractivity contribution in [3.8, 4) is 17.2 Å². The minimum Gasteiger partial charge on any atom is -0.493 e. The lowest BCUT2D eigenvalue weighted by Gasteiger charge is -2.29. The van der Waals surface area contributed by atoms with Gasteiger partial charge >= 0.3 is 0 Å². The summed E-state index contributed by atoms with van der Waals surface area (Å²) in [6.45, 7) is 5.97. The SMILES string of the molecule is COCCOc1cc2c(cc1OC)CCN(CCOc1ccc(/C=C/C(=O)c3ccc(C)c(NC(=O)c4ccc5ccccc5n4)c3)cc1)C2. The summed E-state index contributed by atoms with van der Waals surface area (Å²) in [5, 5.41) is 3.88. The van der Waals surface area contributed by atoms with Gasteiger partial charge in [0, 0.05) is 43.4 Å². The molecule has 0 fully saturated rings. The molecule has 0 bridgehead atoms. The Balaban J connectivity index is 0.998. The summed E-state index contributed by atoms with van der Waals surface area (Å²) in [7, 11) is 3.32. The third kappa shape index (κ3) is 8.55. The molecule has 5 aromatic rings. The minimum absolute atomic E-state index is 0.167. The summed E-state index contributed by atoms with van der Waals surface area (Å²) in [4.78, 5) is 32.9. The lowest BCUT2D eigenvalue weighted by Crippen LogP contribution is -2.33. The van der Waals surface area contributed by atoms with Crippen LogP contribution in [0.4, 0.5) is 5.69 Å². The number of benzene rings is 4. The number of carbonyl (C=O) groups is 2. The van der Waals surface area contributed by atoms with Crippen molar-refractivity contribution < 1.29 is 28.5 Å². The smallest absolute Gasteiger partial charge is 0.274 e. The van der Waals surface area contributed by atoms with E-state index in [0.717, 1.165) is 65.3 Å². The van der Waals surface area contributed by atoms with Crippen LogP contribution in [0, 0.1) is 6.92 Å². The fourth-order valence-corrected chi connectivity index (χ4v) is 5.85. The highest BCUT2D eigenvalue weighted by Crippen LogP contribution is 2.33. The van der Waals surface area contributed by atoms with Crippen LogP contribution >= 0.6 is 0 Å². The quantitative estimate of drug-likeness (QED) is 0.0755. The van der Waals surface area contributed by atoms with Crippen LogP contribution in [0.3, 0.4) is 0 Å². The van der Waals surface area contributed by atoms with Crippen LogP contribution < -0.4 is 19.5 Å². The predicted molar refractivity (Wildman–Crippen MR) is 196 cm³/mol. The van der Waals surface area contributed by atoms with Gasteiger partial charge in [-0.15, -0.1) is 0 Å². The van der Waals surface area contributed by atoms with Crippen molar-refractivity contribution in [1.82, 2.24) is 9.88 Å². The Morgan fingerprint density at radius 2 is 1.68 bits per heavy atom. The van der Waals surface area contributed by atoms with Gasteiger partial charge < -0.3 is 24.3 Å². The number of rotatable bonds is 14. The third-order valence-corrected chi connectivity index (χ3v) is 8.71. The number of nitrogens with zero attached hydrogens (tertiary/aromatic N) is 2. The summed E-state index contributed by atoms with van der Waals surface area (Å²) in [5.41, 5.74) is 6.34. The van der Waals surface area contributed by atoms with Gasteiger partial charge in [0.2, 0.25) is 0 Å². The van der Waals surface area contributed by atoms with E-state index < -0.39 is 0 Å². The van der Waals surface area contributed by atoms with Crippen LogP contribution in [0.25, 0.3) is 17.0 Å². The van der Waals surface area contributed by atoms with E-state index in [-0.39, 0.29) is 11.7 Å². The fraction of sp³-hybridized carbons (Fsp3) is 0.244. The zero-order valence-electron chi connectivity index (χ0n) is 28.6. The molecule has 50 heavy (non-hydrogen) atoms. The number of hydrogen-bond acceptors (Lipinski definition) is 8. The van der Waals surface area contributed by atoms with Crippen molar-refractivity contribution in [3.63, 3.8) is 0 Å². The molecule has 1 amide bonds. The Labute approximate surface area is 292 Å². The number of allylic oxidation sites excluding steroid dienone is 1. The highest BCUT2D eigenvalue weighted by molar-refractivity contribution is 6.09. The van der Waals surface area contributed by atoms with Crippen molar-refractivity contribution in [1.29, 1.82) is 0 Å². The molecule has 2 heterocycles. The lowest BCUT2D eigenvalue weighted by molar-refractivity contribution is 0.101. The van der Waals surface area contributed by atoms with Crippen LogP contribution in [0.15, 0.2) is 97.1 Å². The number of pyridine rings is 1. The number of anilines is 1. The summed E-state index contributed by atoms with van der Waals surface area (Å²) >= 11 is 0. The Morgan fingerprint density at radius 3 is 2.50 bits per heavy atom. The molecule has 1 N–H and O–H groups in total. The Hall–Kier alpha value is -5.51. The lowest BCUT2D eigenvalue weighted by atomic mass is 9.99. The predicted octanol–water partition coefficient (Wildman–Crippen LogP) is 7.16. The van der Waals surface area contributed by atoms with Gasteiger partial charge in [0.25, 0.3) is 5.91 Å². The molecule has 0 unspecified atom stereocenters. The van der Waals surface area contributed by atoms with E-state index in [1.165, 1.54) is 17.2 Å². The first-order valence-corrected chi connectivity index (χ1v) is 16.7. The fourth-order valence-electron chi connectivity index (χ4n) is 5.85. The van der Waals surface area contributed by atoms with Gasteiger partial charge in [0.05, 0.1) is 19.2 Å². The van der Waals surface area contributed by atoms with Gasteiger partial charge in [-0.05, 0) is 84.1 Å². The number of carbonyl (C=O) groups excluding carboxylic acids is 2. The number of methoxy groups -OCH3 is 2. The molecule has 9 nitrogen and oxygen atoms in total. The molecule has 0 atom stereocenters. The maximum absolute atomic E-state index is 13.1. The van der Waals surface area contributed by atoms with E-state index in [1.54, 1.807) is 38.5 Å². The molecule has 0 saturated carbocycles. The number of aryl methyl sites for hydroxylation is 1. The molecule has 0 radical (unpaired) electrons. The molecule has 9 heteroatoms. The molecule has 6 rings (SSSR count). The average Bonchev–Trinajstić information content (AvgIpc) is 3.14. The Morgan fingerprint density at radius 1 is 0.860 bits per heavy atom. The molecule has 0 saturated heterocycles. The third-order valence-electron chi connectivity index (χ3n) is 8.71. The molecular weight excluding hydrogens is 630 g/mol. The molecule has 1 aliphatic rings. The maximum atomic E-state index is 13.1. The number of ether oxygens (including phenoxy) is 4. The largest absolute Gasteiger partial charge is 0.493 e. The van der Waals surface area contributed by atoms with Gasteiger partial charge in [0.1, 0.15) is 24.7 Å². The number of amides is 1. The van der Waals surface area contributed by atoms with E-state index in [4.69, 9.17) is 18.9 Å². The molecule has 4 aromatic carbocycles. The second-order valence-corrected chi connectivity index (χ2v) is 12.1. The normalized spacial score (nSPS) is 12.9. The van der Waals surface area contributed by atoms with Crippen LogP contribution in [0.1, 0.15) is 43.1 Å². The van der Waals surface area contributed by atoms with Crippen molar-refractivity contribution in [2.24, 2.45) is 0 Å².